The Kier molecular flexibility index (Phi) is 3.76. The molecule has 0 bridgehead atoms. The smallest absolute Gasteiger partial charge is 0.311 e. The Balaban J connectivity index is 1.61. The van der Waals surface area contributed by atoms with Crippen molar-refractivity contribution in [3.8, 4) is 11.5 Å². The third-order valence-electron chi connectivity index (χ3n) is 4.62. The highest BCUT2D eigenvalue weighted by Gasteiger charge is 2.29. The van der Waals surface area contributed by atoms with Crippen molar-refractivity contribution in [1.82, 2.24) is 0 Å². The van der Waals surface area contributed by atoms with E-state index in [9.17, 15) is 9.90 Å². The average Bonchev–Trinajstić information content (AvgIpc) is 2.61. The Labute approximate surface area is 140 Å². The van der Waals surface area contributed by atoms with Crippen LogP contribution < -0.4 is 14.4 Å². The summed E-state index contributed by atoms with van der Waals surface area (Å²) < 4.78 is 11.2. The van der Waals surface area contributed by atoms with Crippen molar-refractivity contribution in [2.75, 3.05) is 24.7 Å². The van der Waals surface area contributed by atoms with Gasteiger partial charge in [0.1, 0.15) is 13.2 Å². The molecule has 0 aliphatic carbocycles. The molecule has 0 aromatic heterocycles. The van der Waals surface area contributed by atoms with Crippen LogP contribution in [0.25, 0.3) is 0 Å². The summed E-state index contributed by atoms with van der Waals surface area (Å²) in [5, 5.41) is 9.44. The average molecular weight is 325 g/mol. The lowest BCUT2D eigenvalue weighted by molar-refractivity contribution is -0.139. The maximum atomic E-state index is 11.5. The third kappa shape index (κ3) is 2.66. The summed E-state index contributed by atoms with van der Waals surface area (Å²) in [6, 6.07) is 13.8. The molecule has 24 heavy (non-hydrogen) atoms. The molecule has 4 rings (SSSR count). The van der Waals surface area contributed by atoms with Crippen LogP contribution in [-0.2, 0) is 11.3 Å². The largest absolute Gasteiger partial charge is 0.486 e. The molecule has 0 fully saturated rings. The lowest BCUT2D eigenvalue weighted by Gasteiger charge is -2.34. The maximum absolute atomic E-state index is 11.5. The zero-order chi connectivity index (χ0) is 16.5. The van der Waals surface area contributed by atoms with Gasteiger partial charge in [-0.3, -0.25) is 4.79 Å². The first-order chi connectivity index (χ1) is 11.7. The first-order valence-electron chi connectivity index (χ1n) is 8.17. The van der Waals surface area contributed by atoms with Gasteiger partial charge >= 0.3 is 5.97 Å². The number of aliphatic carboxylic acids is 1. The van der Waals surface area contributed by atoms with Crippen LogP contribution in [0.4, 0.5) is 5.69 Å². The van der Waals surface area contributed by atoms with Crippen LogP contribution >= 0.6 is 0 Å². The van der Waals surface area contributed by atoms with Gasteiger partial charge < -0.3 is 19.5 Å². The Hall–Kier alpha value is -2.69. The van der Waals surface area contributed by atoms with Gasteiger partial charge in [0, 0.05) is 18.8 Å². The van der Waals surface area contributed by atoms with Gasteiger partial charge in [0.05, 0.1) is 5.92 Å². The van der Waals surface area contributed by atoms with Gasteiger partial charge in [-0.05, 0) is 35.7 Å². The standard InChI is InChI=1S/C19H19NO4/c21-19(22)15-7-8-20(16-4-2-1-3-14(15)16)12-13-5-6-17-18(11-13)24-10-9-23-17/h1-6,11,15H,7-10,12H2,(H,21,22). The van der Waals surface area contributed by atoms with E-state index in [1.165, 1.54) is 0 Å². The number of benzene rings is 2. The van der Waals surface area contributed by atoms with Crippen molar-refractivity contribution in [2.45, 2.75) is 18.9 Å². The van der Waals surface area contributed by atoms with E-state index >= 15 is 0 Å². The van der Waals surface area contributed by atoms with Gasteiger partial charge in [-0.1, -0.05) is 24.3 Å². The molecule has 2 aliphatic heterocycles. The number of anilines is 1. The molecule has 0 saturated heterocycles. The quantitative estimate of drug-likeness (QED) is 0.940. The van der Waals surface area contributed by atoms with Crippen LogP contribution in [0.2, 0.25) is 0 Å². The van der Waals surface area contributed by atoms with Crippen molar-refractivity contribution >= 4 is 11.7 Å². The molecular formula is C19H19NO4. The number of ether oxygens (including phenoxy) is 2. The van der Waals surface area contributed by atoms with Gasteiger partial charge in [-0.2, -0.15) is 0 Å². The number of hydrogen-bond acceptors (Lipinski definition) is 4. The highest BCUT2D eigenvalue weighted by molar-refractivity contribution is 5.80. The molecule has 0 spiro atoms. The van der Waals surface area contributed by atoms with E-state index in [1.807, 2.05) is 42.5 Å². The van der Waals surface area contributed by atoms with Crippen molar-refractivity contribution < 1.29 is 19.4 Å². The highest BCUT2D eigenvalue weighted by Crippen LogP contribution is 2.37. The molecule has 5 heteroatoms. The minimum Gasteiger partial charge on any atom is -0.486 e. The fourth-order valence-corrected chi connectivity index (χ4v) is 3.46. The van der Waals surface area contributed by atoms with E-state index in [-0.39, 0.29) is 0 Å². The molecule has 1 unspecified atom stereocenters. The minimum atomic E-state index is -0.749. The lowest BCUT2D eigenvalue weighted by atomic mass is 9.90. The SMILES string of the molecule is O=C(O)C1CCN(Cc2ccc3c(c2)OCCO3)c2ccccc21. The van der Waals surface area contributed by atoms with Crippen LogP contribution in [0.15, 0.2) is 42.5 Å². The number of fused-ring (bicyclic) bond motifs is 2. The number of carboxylic acid groups (broad SMARTS) is 1. The summed E-state index contributed by atoms with van der Waals surface area (Å²) in [5.41, 5.74) is 3.03. The minimum absolute atomic E-state index is 0.419. The predicted octanol–water partition coefficient (Wildman–Crippen LogP) is 3.04. The zero-order valence-electron chi connectivity index (χ0n) is 13.3. The fraction of sp³-hybridized carbons (Fsp3) is 0.316. The van der Waals surface area contributed by atoms with Crippen LogP contribution in [-0.4, -0.2) is 30.8 Å². The number of carbonyl (C=O) groups is 1. The predicted molar refractivity (Wildman–Crippen MR) is 89.9 cm³/mol. The third-order valence-corrected chi connectivity index (χ3v) is 4.62. The van der Waals surface area contributed by atoms with Crippen molar-refractivity contribution in [1.29, 1.82) is 0 Å². The molecule has 2 aliphatic rings. The van der Waals surface area contributed by atoms with Gasteiger partial charge in [-0.25, -0.2) is 0 Å². The number of nitrogens with zero attached hydrogens (tertiary/aromatic N) is 1. The molecule has 5 nitrogen and oxygen atoms in total. The Morgan fingerprint density at radius 1 is 1.12 bits per heavy atom. The zero-order valence-corrected chi connectivity index (χ0v) is 13.3. The summed E-state index contributed by atoms with van der Waals surface area (Å²) in [6.07, 6.45) is 0.622. The molecule has 2 aromatic carbocycles. The van der Waals surface area contributed by atoms with E-state index in [2.05, 4.69) is 4.90 Å². The van der Waals surface area contributed by atoms with Gasteiger partial charge in [0.2, 0.25) is 0 Å². The first kappa shape index (κ1) is 14.9. The molecule has 2 heterocycles. The van der Waals surface area contributed by atoms with E-state index in [4.69, 9.17) is 9.47 Å². The van der Waals surface area contributed by atoms with Crippen molar-refractivity contribution in [2.24, 2.45) is 0 Å². The van der Waals surface area contributed by atoms with Crippen LogP contribution in [0.5, 0.6) is 11.5 Å². The number of para-hydroxylation sites is 1. The van der Waals surface area contributed by atoms with E-state index in [0.29, 0.717) is 19.6 Å². The molecule has 1 atom stereocenters. The Morgan fingerprint density at radius 2 is 1.92 bits per heavy atom. The fourth-order valence-electron chi connectivity index (χ4n) is 3.46. The monoisotopic (exact) mass is 325 g/mol. The Morgan fingerprint density at radius 3 is 2.75 bits per heavy atom. The summed E-state index contributed by atoms with van der Waals surface area (Å²) in [4.78, 5) is 13.7. The maximum Gasteiger partial charge on any atom is 0.311 e. The lowest BCUT2D eigenvalue weighted by Crippen LogP contribution is -2.33. The molecule has 0 saturated carbocycles. The molecule has 124 valence electrons. The Bertz CT molecular complexity index is 774. The van der Waals surface area contributed by atoms with Gasteiger partial charge in [-0.15, -0.1) is 0 Å². The summed E-state index contributed by atoms with van der Waals surface area (Å²) in [7, 11) is 0. The normalized spacial score (nSPS) is 18.8. The molecular weight excluding hydrogens is 306 g/mol. The highest BCUT2D eigenvalue weighted by atomic mass is 16.6. The van der Waals surface area contributed by atoms with Crippen LogP contribution in [0.1, 0.15) is 23.5 Å². The van der Waals surface area contributed by atoms with E-state index in [1.54, 1.807) is 0 Å². The van der Waals surface area contributed by atoms with Crippen molar-refractivity contribution in [3.63, 3.8) is 0 Å². The van der Waals surface area contributed by atoms with Gasteiger partial charge in [0.15, 0.2) is 11.5 Å². The summed E-state index contributed by atoms with van der Waals surface area (Å²) in [6.45, 7) is 2.61. The molecule has 1 N–H and O–H groups in total. The second-order valence-corrected chi connectivity index (χ2v) is 6.14. The second kappa shape index (κ2) is 6.07. The summed E-state index contributed by atoms with van der Waals surface area (Å²) in [5.74, 6) is 0.404. The van der Waals surface area contributed by atoms with E-state index in [0.717, 1.165) is 41.4 Å². The number of rotatable bonds is 3. The number of hydrogen-bond donors (Lipinski definition) is 1. The van der Waals surface area contributed by atoms with E-state index < -0.39 is 11.9 Å². The summed E-state index contributed by atoms with van der Waals surface area (Å²) >= 11 is 0. The molecule has 0 amide bonds. The van der Waals surface area contributed by atoms with Crippen LogP contribution in [0.3, 0.4) is 0 Å². The topological polar surface area (TPSA) is 59.0 Å². The molecule has 2 aromatic rings. The first-order valence-corrected chi connectivity index (χ1v) is 8.17. The number of carboxylic acids is 1. The van der Waals surface area contributed by atoms with Crippen LogP contribution in [0, 0.1) is 0 Å². The van der Waals surface area contributed by atoms with Crippen molar-refractivity contribution in [3.05, 3.63) is 53.6 Å². The second-order valence-electron chi connectivity index (χ2n) is 6.14. The van der Waals surface area contributed by atoms with Gasteiger partial charge in [0.25, 0.3) is 0 Å². The molecule has 0 radical (unpaired) electrons.